The maximum Gasteiger partial charge on any atom is 0.264 e. The van der Waals surface area contributed by atoms with E-state index in [0.29, 0.717) is 23.7 Å². The molecule has 2 heterocycles. The van der Waals surface area contributed by atoms with Crippen molar-refractivity contribution in [2.75, 3.05) is 18.0 Å². The van der Waals surface area contributed by atoms with E-state index in [4.69, 9.17) is 4.74 Å². The fourth-order valence-electron chi connectivity index (χ4n) is 3.26. The summed E-state index contributed by atoms with van der Waals surface area (Å²) in [7, 11) is 0. The smallest absolute Gasteiger partial charge is 0.264 e. The van der Waals surface area contributed by atoms with Gasteiger partial charge in [0, 0.05) is 18.8 Å². The highest BCUT2D eigenvalue weighted by atomic mass is 32.1. The van der Waals surface area contributed by atoms with Gasteiger partial charge in [0.05, 0.1) is 4.88 Å². The lowest BCUT2D eigenvalue weighted by Gasteiger charge is -2.39. The Morgan fingerprint density at radius 2 is 1.68 bits per heavy atom. The van der Waals surface area contributed by atoms with Crippen LogP contribution in [0.1, 0.15) is 16.6 Å². The molecular weight excluding hydrogens is 372 g/mol. The molecule has 0 bridgehead atoms. The largest absolute Gasteiger partial charge is 0.457 e. The third-order valence-corrected chi connectivity index (χ3v) is 5.63. The maximum atomic E-state index is 12.9. The predicted octanol–water partition coefficient (Wildman–Crippen LogP) is 4.42. The summed E-state index contributed by atoms with van der Waals surface area (Å²) in [4.78, 5) is 29.6. The molecular formula is C22H20N2O3S. The van der Waals surface area contributed by atoms with Gasteiger partial charge in [-0.3, -0.25) is 9.59 Å². The van der Waals surface area contributed by atoms with Crippen molar-refractivity contribution in [1.82, 2.24) is 4.90 Å². The summed E-state index contributed by atoms with van der Waals surface area (Å²) in [5.74, 6) is 1.32. The number of thiophene rings is 1. The molecule has 0 N–H and O–H groups in total. The second kappa shape index (κ2) is 7.86. The van der Waals surface area contributed by atoms with Crippen molar-refractivity contribution in [3.8, 4) is 11.5 Å². The summed E-state index contributed by atoms with van der Waals surface area (Å²) in [6, 6.07) is 20.1. The van der Waals surface area contributed by atoms with Crippen LogP contribution in [0.3, 0.4) is 0 Å². The topological polar surface area (TPSA) is 49.9 Å². The van der Waals surface area contributed by atoms with Crippen molar-refractivity contribution >= 4 is 28.8 Å². The van der Waals surface area contributed by atoms with Crippen LogP contribution in [0.2, 0.25) is 0 Å². The number of nitrogens with zero attached hydrogens (tertiary/aromatic N) is 2. The average Bonchev–Trinajstić information content (AvgIpc) is 3.26. The third kappa shape index (κ3) is 3.64. The van der Waals surface area contributed by atoms with Gasteiger partial charge in [0.25, 0.3) is 5.91 Å². The second-order valence-corrected chi connectivity index (χ2v) is 7.50. The predicted molar refractivity (Wildman–Crippen MR) is 110 cm³/mol. The molecule has 4 rings (SSSR count). The molecule has 5 nitrogen and oxygen atoms in total. The number of carbonyl (C=O) groups excluding carboxylic acids is 2. The number of rotatable bonds is 4. The molecule has 3 aromatic rings. The van der Waals surface area contributed by atoms with Gasteiger partial charge in [-0.2, -0.15) is 0 Å². The molecule has 0 saturated carbocycles. The first-order chi connectivity index (χ1) is 13.6. The van der Waals surface area contributed by atoms with E-state index in [9.17, 15) is 9.59 Å². The zero-order valence-electron chi connectivity index (χ0n) is 15.4. The molecule has 2 amide bonds. The van der Waals surface area contributed by atoms with Crippen LogP contribution >= 0.6 is 11.3 Å². The summed E-state index contributed by atoms with van der Waals surface area (Å²) in [6.45, 7) is 2.76. The maximum absolute atomic E-state index is 12.9. The number of piperazine rings is 1. The Hall–Kier alpha value is -3.12. The van der Waals surface area contributed by atoms with Crippen LogP contribution in [0.4, 0.5) is 5.69 Å². The van der Waals surface area contributed by atoms with Crippen molar-refractivity contribution in [1.29, 1.82) is 0 Å². The Morgan fingerprint density at radius 3 is 2.36 bits per heavy atom. The van der Waals surface area contributed by atoms with E-state index in [1.807, 2.05) is 66.0 Å². The molecule has 6 heteroatoms. The molecule has 1 atom stereocenters. The number of benzene rings is 2. The highest BCUT2D eigenvalue weighted by molar-refractivity contribution is 7.12. The molecule has 0 spiro atoms. The van der Waals surface area contributed by atoms with Gasteiger partial charge >= 0.3 is 0 Å². The first-order valence-electron chi connectivity index (χ1n) is 9.12. The standard InChI is InChI=1S/C22H20N2O3S/c1-16-21(25)24(14-13-23(16)22(26)20-8-5-15-28-20)17-9-11-19(12-10-17)27-18-6-3-2-4-7-18/h2-12,15-16H,13-14H2,1H3. The number of anilines is 1. The lowest BCUT2D eigenvalue weighted by Crippen LogP contribution is -2.57. The molecule has 2 aromatic carbocycles. The molecule has 142 valence electrons. The lowest BCUT2D eigenvalue weighted by molar-refractivity contribution is -0.124. The zero-order valence-corrected chi connectivity index (χ0v) is 16.3. The summed E-state index contributed by atoms with van der Waals surface area (Å²) >= 11 is 1.40. The minimum absolute atomic E-state index is 0.0760. The Labute approximate surface area is 167 Å². The van der Waals surface area contributed by atoms with E-state index in [-0.39, 0.29) is 11.8 Å². The van der Waals surface area contributed by atoms with Gasteiger partial charge < -0.3 is 14.5 Å². The minimum atomic E-state index is -0.497. The van der Waals surface area contributed by atoms with E-state index >= 15 is 0 Å². The van der Waals surface area contributed by atoms with Gasteiger partial charge in [0.2, 0.25) is 5.91 Å². The first-order valence-corrected chi connectivity index (χ1v) is 10.0. The number of amides is 2. The summed E-state index contributed by atoms with van der Waals surface area (Å²) in [5.41, 5.74) is 0.806. The van der Waals surface area contributed by atoms with Crippen LogP contribution in [-0.4, -0.2) is 35.8 Å². The number of hydrogen-bond acceptors (Lipinski definition) is 4. The van der Waals surface area contributed by atoms with Crippen molar-refractivity contribution in [3.63, 3.8) is 0 Å². The first kappa shape index (κ1) is 18.3. The molecule has 1 unspecified atom stereocenters. The lowest BCUT2D eigenvalue weighted by atomic mass is 10.1. The van der Waals surface area contributed by atoms with Crippen LogP contribution < -0.4 is 9.64 Å². The SMILES string of the molecule is CC1C(=O)N(c2ccc(Oc3ccccc3)cc2)CCN1C(=O)c1cccs1. The van der Waals surface area contributed by atoms with Crippen molar-refractivity contribution in [3.05, 3.63) is 77.0 Å². The Morgan fingerprint density at radius 1 is 0.964 bits per heavy atom. The molecule has 1 aromatic heterocycles. The van der Waals surface area contributed by atoms with E-state index < -0.39 is 6.04 Å². The summed E-state index contributed by atoms with van der Waals surface area (Å²) in [6.07, 6.45) is 0. The van der Waals surface area contributed by atoms with Gasteiger partial charge in [-0.25, -0.2) is 0 Å². The minimum Gasteiger partial charge on any atom is -0.457 e. The molecule has 0 aliphatic carbocycles. The highest BCUT2D eigenvalue weighted by Crippen LogP contribution is 2.27. The van der Waals surface area contributed by atoms with Gasteiger partial charge in [-0.15, -0.1) is 11.3 Å². The van der Waals surface area contributed by atoms with Crippen LogP contribution in [0.15, 0.2) is 72.1 Å². The Bertz CT molecular complexity index is 955. The zero-order chi connectivity index (χ0) is 19.5. The fourth-order valence-corrected chi connectivity index (χ4v) is 3.94. The Kier molecular flexibility index (Phi) is 5.12. The molecule has 1 saturated heterocycles. The van der Waals surface area contributed by atoms with E-state index in [2.05, 4.69) is 0 Å². The van der Waals surface area contributed by atoms with E-state index in [1.54, 1.807) is 22.8 Å². The summed E-state index contributed by atoms with van der Waals surface area (Å²) < 4.78 is 5.80. The van der Waals surface area contributed by atoms with Gasteiger partial charge in [-0.1, -0.05) is 24.3 Å². The van der Waals surface area contributed by atoms with Crippen LogP contribution in [0.25, 0.3) is 0 Å². The van der Waals surface area contributed by atoms with Crippen molar-refractivity contribution in [2.45, 2.75) is 13.0 Å². The van der Waals surface area contributed by atoms with Crippen LogP contribution in [0.5, 0.6) is 11.5 Å². The fraction of sp³-hybridized carbons (Fsp3) is 0.182. The monoisotopic (exact) mass is 392 g/mol. The van der Waals surface area contributed by atoms with Gasteiger partial charge in [0.1, 0.15) is 17.5 Å². The average molecular weight is 392 g/mol. The van der Waals surface area contributed by atoms with Gasteiger partial charge in [0.15, 0.2) is 0 Å². The second-order valence-electron chi connectivity index (χ2n) is 6.55. The van der Waals surface area contributed by atoms with E-state index in [1.165, 1.54) is 11.3 Å². The molecule has 1 aliphatic heterocycles. The van der Waals surface area contributed by atoms with Crippen molar-refractivity contribution in [2.24, 2.45) is 0 Å². The number of hydrogen-bond donors (Lipinski definition) is 0. The van der Waals surface area contributed by atoms with Crippen LogP contribution in [0, 0.1) is 0 Å². The van der Waals surface area contributed by atoms with Gasteiger partial charge in [-0.05, 0) is 54.8 Å². The number of carbonyl (C=O) groups is 2. The normalized spacial score (nSPS) is 16.9. The van der Waals surface area contributed by atoms with E-state index in [0.717, 1.165) is 11.4 Å². The number of para-hydroxylation sites is 1. The Balaban J connectivity index is 1.45. The molecule has 1 fully saturated rings. The molecule has 1 aliphatic rings. The quantitative estimate of drug-likeness (QED) is 0.660. The van der Waals surface area contributed by atoms with Crippen molar-refractivity contribution < 1.29 is 14.3 Å². The molecule has 28 heavy (non-hydrogen) atoms. The number of ether oxygens (including phenoxy) is 1. The third-order valence-electron chi connectivity index (χ3n) is 4.78. The molecule has 0 radical (unpaired) electrons. The summed E-state index contributed by atoms with van der Waals surface area (Å²) in [5, 5.41) is 1.87. The highest BCUT2D eigenvalue weighted by Gasteiger charge is 2.35. The van der Waals surface area contributed by atoms with Crippen LogP contribution in [-0.2, 0) is 4.79 Å².